The van der Waals surface area contributed by atoms with Gasteiger partial charge < -0.3 is 25.3 Å². The second-order valence-electron chi connectivity index (χ2n) is 11.4. The van der Waals surface area contributed by atoms with E-state index in [1.165, 1.54) is 0 Å². The molecule has 2 N–H and O–H groups in total. The highest BCUT2D eigenvalue weighted by atomic mass is 16.2. The Morgan fingerprint density at radius 2 is 1.57 bits per heavy atom. The molecule has 2 aliphatic heterocycles. The summed E-state index contributed by atoms with van der Waals surface area (Å²) in [6.07, 6.45) is 3.56. The second kappa shape index (κ2) is 13.8. The predicted molar refractivity (Wildman–Crippen MR) is 159 cm³/mol. The van der Waals surface area contributed by atoms with Gasteiger partial charge >= 0.3 is 6.03 Å². The molecule has 2 heterocycles. The van der Waals surface area contributed by atoms with Crippen molar-refractivity contribution in [3.63, 3.8) is 0 Å². The number of anilines is 1. The van der Waals surface area contributed by atoms with Crippen LogP contribution in [0.5, 0.6) is 0 Å². The average molecular weight is 548 g/mol. The third kappa shape index (κ3) is 7.22. The van der Waals surface area contributed by atoms with Gasteiger partial charge in [0.25, 0.3) is 0 Å². The summed E-state index contributed by atoms with van der Waals surface area (Å²) in [5.41, 5.74) is 3.26. The summed E-state index contributed by atoms with van der Waals surface area (Å²) in [5, 5.41) is 6.31. The van der Waals surface area contributed by atoms with E-state index in [0.29, 0.717) is 57.8 Å². The number of urea groups is 1. The number of para-hydroxylation sites is 1. The summed E-state index contributed by atoms with van der Waals surface area (Å²) in [4.78, 5) is 45.4. The van der Waals surface area contributed by atoms with Gasteiger partial charge in [-0.05, 0) is 62.3 Å². The normalized spacial score (nSPS) is 18.6. The number of carbonyl (C=O) groups is 3. The maximum absolute atomic E-state index is 13.8. The van der Waals surface area contributed by atoms with Crippen LogP contribution in [0.15, 0.2) is 54.6 Å². The fourth-order valence-corrected chi connectivity index (χ4v) is 6.02. The van der Waals surface area contributed by atoms with Crippen molar-refractivity contribution in [2.45, 2.75) is 76.9 Å². The first-order valence-corrected chi connectivity index (χ1v) is 14.7. The summed E-state index contributed by atoms with van der Waals surface area (Å²) < 4.78 is 0. The Morgan fingerprint density at radius 3 is 2.20 bits per heavy atom. The maximum atomic E-state index is 13.8. The number of benzene rings is 2. The molecule has 2 aliphatic rings. The first-order valence-electron chi connectivity index (χ1n) is 14.7. The highest BCUT2D eigenvalue weighted by Crippen LogP contribution is 2.31. The highest BCUT2D eigenvalue weighted by molar-refractivity contribution is 5.93. The van der Waals surface area contributed by atoms with Crippen LogP contribution in [-0.4, -0.2) is 79.0 Å². The molecule has 2 fully saturated rings. The van der Waals surface area contributed by atoms with Gasteiger partial charge in [-0.3, -0.25) is 9.59 Å². The van der Waals surface area contributed by atoms with Crippen molar-refractivity contribution < 1.29 is 14.4 Å². The van der Waals surface area contributed by atoms with Gasteiger partial charge in [-0.25, -0.2) is 4.79 Å². The number of rotatable bonds is 9. The van der Waals surface area contributed by atoms with Gasteiger partial charge in [-0.2, -0.15) is 0 Å². The van der Waals surface area contributed by atoms with Crippen LogP contribution in [0.1, 0.15) is 63.5 Å². The fourth-order valence-electron chi connectivity index (χ4n) is 6.02. The Morgan fingerprint density at radius 1 is 0.925 bits per heavy atom. The van der Waals surface area contributed by atoms with Crippen molar-refractivity contribution >= 4 is 23.5 Å². The van der Waals surface area contributed by atoms with Gasteiger partial charge in [0, 0.05) is 50.9 Å². The van der Waals surface area contributed by atoms with Gasteiger partial charge in [0.2, 0.25) is 11.8 Å². The number of piperidine rings is 1. The van der Waals surface area contributed by atoms with Gasteiger partial charge in [-0.1, -0.05) is 62.4 Å². The minimum Gasteiger partial charge on any atom is -0.341 e. The summed E-state index contributed by atoms with van der Waals surface area (Å²) in [6.45, 7) is 8.35. The first-order chi connectivity index (χ1) is 19.3. The highest BCUT2D eigenvalue weighted by Gasteiger charge is 2.34. The van der Waals surface area contributed by atoms with E-state index in [-0.39, 0.29) is 29.9 Å². The van der Waals surface area contributed by atoms with E-state index in [9.17, 15) is 14.4 Å². The van der Waals surface area contributed by atoms with Gasteiger partial charge in [0.1, 0.15) is 6.04 Å². The Hall–Kier alpha value is -3.39. The summed E-state index contributed by atoms with van der Waals surface area (Å²) in [7, 11) is 1.91. The number of aryl methyl sites for hydroxylation is 1. The lowest BCUT2D eigenvalue weighted by atomic mass is 9.96. The molecule has 4 rings (SSSR count). The summed E-state index contributed by atoms with van der Waals surface area (Å²) in [6, 6.07) is 17.7. The van der Waals surface area contributed by atoms with E-state index in [0.717, 1.165) is 23.2 Å². The number of nitrogens with one attached hydrogen (secondary N) is 2. The SMILES string of the molecule is CN[C@H]1CCN(C(=O)N[C@H](CCc2ccccc2)C(=O)N2CCC(N(C(C)=O)c3ccccc3C(C)C)CC2)C1. The van der Waals surface area contributed by atoms with Crippen molar-refractivity contribution in [1.29, 1.82) is 0 Å². The van der Waals surface area contributed by atoms with Crippen molar-refractivity contribution in [2.75, 3.05) is 38.1 Å². The monoisotopic (exact) mass is 547 g/mol. The standard InChI is InChI=1S/C32H45N5O3/c1-23(2)28-12-8-9-13-30(28)37(24(3)38)27-17-20-35(21-18-27)31(39)29(15-14-25-10-6-5-7-11-25)34-32(40)36-19-16-26(22-36)33-4/h5-13,23,26-27,29,33H,14-22H2,1-4H3,(H,34,40)/t26-,29+/m0/s1. The zero-order chi connectivity index (χ0) is 28.6. The van der Waals surface area contributed by atoms with Crippen molar-refractivity contribution in [3.05, 3.63) is 65.7 Å². The predicted octanol–water partition coefficient (Wildman–Crippen LogP) is 4.16. The van der Waals surface area contributed by atoms with E-state index in [2.05, 4.69) is 42.7 Å². The molecule has 2 atom stereocenters. The first kappa shape index (κ1) is 29.6. The van der Waals surface area contributed by atoms with Gasteiger partial charge in [0.05, 0.1) is 0 Å². The average Bonchev–Trinajstić information content (AvgIpc) is 3.46. The molecule has 0 radical (unpaired) electrons. The van der Waals surface area contributed by atoms with Crippen LogP contribution in [0.2, 0.25) is 0 Å². The smallest absolute Gasteiger partial charge is 0.318 e. The van der Waals surface area contributed by atoms with Crippen molar-refractivity contribution in [3.8, 4) is 0 Å². The van der Waals surface area contributed by atoms with E-state index >= 15 is 0 Å². The third-order valence-corrected chi connectivity index (χ3v) is 8.34. The van der Waals surface area contributed by atoms with Gasteiger partial charge in [-0.15, -0.1) is 0 Å². The zero-order valence-corrected chi connectivity index (χ0v) is 24.4. The molecule has 8 heteroatoms. The lowest BCUT2D eigenvalue weighted by Crippen LogP contribution is -2.55. The van der Waals surface area contributed by atoms with E-state index in [4.69, 9.17) is 0 Å². The molecular weight excluding hydrogens is 502 g/mol. The van der Waals surface area contributed by atoms with Crippen LogP contribution in [0, 0.1) is 0 Å². The number of hydrogen-bond acceptors (Lipinski definition) is 4. The van der Waals surface area contributed by atoms with Crippen LogP contribution >= 0.6 is 0 Å². The van der Waals surface area contributed by atoms with Gasteiger partial charge in [0.15, 0.2) is 0 Å². The molecule has 0 unspecified atom stereocenters. The maximum Gasteiger partial charge on any atom is 0.318 e. The molecule has 216 valence electrons. The Bertz CT molecular complexity index is 1150. The largest absolute Gasteiger partial charge is 0.341 e. The van der Waals surface area contributed by atoms with Crippen LogP contribution in [-0.2, 0) is 16.0 Å². The quantitative estimate of drug-likeness (QED) is 0.494. The lowest BCUT2D eigenvalue weighted by Gasteiger charge is -2.40. The van der Waals surface area contributed by atoms with Crippen LogP contribution in [0.3, 0.4) is 0 Å². The molecule has 2 aromatic carbocycles. The summed E-state index contributed by atoms with van der Waals surface area (Å²) in [5.74, 6) is 0.285. The number of likely N-dealkylation sites (N-methyl/N-ethyl adjacent to an activating group) is 1. The minimum absolute atomic E-state index is 0.0244. The molecule has 0 bridgehead atoms. The lowest BCUT2D eigenvalue weighted by molar-refractivity contribution is -0.134. The second-order valence-corrected chi connectivity index (χ2v) is 11.4. The van der Waals surface area contributed by atoms with Crippen LogP contribution in [0.25, 0.3) is 0 Å². The zero-order valence-electron chi connectivity index (χ0n) is 24.4. The number of nitrogens with zero attached hydrogens (tertiary/aromatic N) is 3. The number of carbonyl (C=O) groups excluding carboxylic acids is 3. The van der Waals surface area contributed by atoms with Crippen molar-refractivity contribution in [1.82, 2.24) is 20.4 Å². The van der Waals surface area contributed by atoms with E-state index < -0.39 is 6.04 Å². The molecule has 2 saturated heterocycles. The molecule has 4 amide bonds. The molecular formula is C32H45N5O3. The molecule has 0 saturated carbocycles. The van der Waals surface area contributed by atoms with E-state index in [1.54, 1.807) is 11.8 Å². The van der Waals surface area contributed by atoms with Crippen LogP contribution in [0.4, 0.5) is 10.5 Å². The molecule has 0 spiro atoms. The Labute approximate surface area is 239 Å². The molecule has 0 aliphatic carbocycles. The molecule has 2 aromatic rings. The Balaban J connectivity index is 1.44. The van der Waals surface area contributed by atoms with Crippen molar-refractivity contribution in [2.24, 2.45) is 0 Å². The van der Waals surface area contributed by atoms with E-state index in [1.807, 2.05) is 53.2 Å². The number of hydrogen-bond donors (Lipinski definition) is 2. The number of likely N-dealkylation sites (tertiary alicyclic amines) is 2. The number of amides is 4. The third-order valence-electron chi connectivity index (χ3n) is 8.34. The minimum atomic E-state index is -0.594. The molecule has 0 aromatic heterocycles. The Kier molecular flexibility index (Phi) is 10.2. The topological polar surface area (TPSA) is 85.0 Å². The van der Waals surface area contributed by atoms with Crippen LogP contribution < -0.4 is 15.5 Å². The molecule has 8 nitrogen and oxygen atoms in total. The fraction of sp³-hybridized carbons (Fsp3) is 0.531. The molecule has 40 heavy (non-hydrogen) atoms. The summed E-state index contributed by atoms with van der Waals surface area (Å²) >= 11 is 0.